The summed E-state index contributed by atoms with van der Waals surface area (Å²) in [7, 11) is -3.68. The van der Waals surface area contributed by atoms with Crippen molar-refractivity contribution in [2.24, 2.45) is 5.73 Å². The molecule has 0 radical (unpaired) electrons. The van der Waals surface area contributed by atoms with Crippen molar-refractivity contribution in [1.82, 2.24) is 9.29 Å². The van der Waals surface area contributed by atoms with E-state index in [9.17, 15) is 30.8 Å². The number of carbonyl (C=O) groups is 1. The van der Waals surface area contributed by atoms with Gasteiger partial charge in [-0.1, -0.05) is 30.3 Å². The Morgan fingerprint density at radius 3 is 2.26 bits per heavy atom. The van der Waals surface area contributed by atoms with Crippen LogP contribution in [0.5, 0.6) is 0 Å². The number of benzene rings is 3. The zero-order valence-electron chi connectivity index (χ0n) is 22.1. The van der Waals surface area contributed by atoms with Gasteiger partial charge in [-0.15, -0.1) is 0 Å². The van der Waals surface area contributed by atoms with Crippen molar-refractivity contribution in [2.45, 2.75) is 35.7 Å². The molecule has 0 saturated carbocycles. The van der Waals surface area contributed by atoms with Gasteiger partial charge in [0.1, 0.15) is 23.3 Å². The third-order valence-corrected chi connectivity index (χ3v) is 9.07. The lowest BCUT2D eigenvalue weighted by atomic mass is 9.84. The molecule has 1 fully saturated rings. The first-order valence-electron chi connectivity index (χ1n) is 13.0. The van der Waals surface area contributed by atoms with E-state index in [0.29, 0.717) is 11.6 Å². The first-order valence-corrected chi connectivity index (χ1v) is 14.5. The Labute approximate surface area is 240 Å². The molecule has 0 aliphatic carbocycles. The fourth-order valence-corrected chi connectivity index (χ4v) is 6.59. The van der Waals surface area contributed by atoms with Crippen LogP contribution >= 0.6 is 0 Å². The van der Waals surface area contributed by atoms with E-state index in [0.717, 1.165) is 30.5 Å². The van der Waals surface area contributed by atoms with Crippen LogP contribution < -0.4 is 11.1 Å². The summed E-state index contributed by atoms with van der Waals surface area (Å²) in [4.78, 5) is 17.3. The number of carbonyl (C=O) groups excluding carboxylic acids is 1. The second kappa shape index (κ2) is 12.0. The molecule has 0 spiro atoms. The Morgan fingerprint density at radius 2 is 1.60 bits per heavy atom. The fraction of sp³-hybridized carbons (Fsp3) is 0.200. The van der Waals surface area contributed by atoms with Gasteiger partial charge in [0.05, 0.1) is 29.0 Å². The summed E-state index contributed by atoms with van der Waals surface area (Å²) in [6, 6.07) is 13.9. The number of nitrogens with zero attached hydrogens (tertiary/aromatic N) is 2. The smallest absolute Gasteiger partial charge is 0.243 e. The maximum Gasteiger partial charge on any atom is 0.243 e. The molecular formula is C30H26F4N4O3S. The van der Waals surface area contributed by atoms with Crippen LogP contribution in [0.2, 0.25) is 0 Å². The number of anilines is 1. The molecule has 7 nitrogen and oxygen atoms in total. The maximum absolute atomic E-state index is 14.9. The van der Waals surface area contributed by atoms with E-state index >= 15 is 0 Å². The lowest BCUT2D eigenvalue weighted by Gasteiger charge is -2.25. The number of sulfonamides is 1. The molecule has 1 amide bonds. The Balaban J connectivity index is 1.34. The van der Waals surface area contributed by atoms with Crippen molar-refractivity contribution in [3.63, 3.8) is 0 Å². The van der Waals surface area contributed by atoms with E-state index in [-0.39, 0.29) is 47.1 Å². The minimum Gasteiger partial charge on any atom is -0.323 e. The standard InChI is InChI=1S/C30H26F4N4O3S/c31-20-8-6-18(7-9-20)28(19-12-21(32)14-22(33)13-19)29(35)30(39)37-27-16-36-15-26(34)25(27)11-10-23-17-38(23)42(40,41)24-4-2-1-3-5-24/h1-9,12-16,23,28-29H,10-11,17,35H2,(H,37,39)/t23-,28-,29-,38?/m0/s1. The Kier molecular flexibility index (Phi) is 8.39. The second-order valence-electron chi connectivity index (χ2n) is 9.97. The van der Waals surface area contributed by atoms with Crippen LogP contribution in [0.3, 0.4) is 0 Å². The molecule has 2 heterocycles. The minimum atomic E-state index is -3.68. The van der Waals surface area contributed by atoms with Gasteiger partial charge in [0.15, 0.2) is 0 Å². The highest BCUT2D eigenvalue weighted by molar-refractivity contribution is 7.89. The van der Waals surface area contributed by atoms with Crippen molar-refractivity contribution in [1.29, 1.82) is 0 Å². The van der Waals surface area contributed by atoms with Crippen LogP contribution in [-0.4, -0.2) is 42.2 Å². The quantitative estimate of drug-likeness (QED) is 0.203. The molecule has 4 aromatic rings. The third kappa shape index (κ3) is 6.35. The highest BCUT2D eigenvalue weighted by Crippen LogP contribution is 2.33. The molecular weight excluding hydrogens is 572 g/mol. The van der Waals surface area contributed by atoms with Gasteiger partial charge in [0, 0.05) is 30.1 Å². The summed E-state index contributed by atoms with van der Waals surface area (Å²) >= 11 is 0. The first kappa shape index (κ1) is 29.4. The molecule has 3 N–H and O–H groups in total. The average molecular weight is 599 g/mol. The molecule has 42 heavy (non-hydrogen) atoms. The number of hydrogen-bond acceptors (Lipinski definition) is 5. The van der Waals surface area contributed by atoms with Gasteiger partial charge < -0.3 is 11.1 Å². The summed E-state index contributed by atoms with van der Waals surface area (Å²) in [6.07, 6.45) is 2.58. The molecule has 12 heteroatoms. The Hall–Kier alpha value is -4.13. The number of aromatic nitrogens is 1. The Bertz CT molecular complexity index is 1690. The van der Waals surface area contributed by atoms with Gasteiger partial charge in [-0.3, -0.25) is 9.78 Å². The second-order valence-corrected chi connectivity index (χ2v) is 11.9. The van der Waals surface area contributed by atoms with E-state index in [1.807, 2.05) is 0 Å². The summed E-state index contributed by atoms with van der Waals surface area (Å²) in [5, 5.41) is 2.56. The predicted octanol–water partition coefficient (Wildman–Crippen LogP) is 4.74. The van der Waals surface area contributed by atoms with Crippen molar-refractivity contribution in [3.05, 3.63) is 125 Å². The molecule has 3 aromatic carbocycles. The lowest BCUT2D eigenvalue weighted by molar-refractivity contribution is -0.117. The lowest BCUT2D eigenvalue weighted by Crippen LogP contribution is -2.41. The van der Waals surface area contributed by atoms with Gasteiger partial charge in [-0.25, -0.2) is 26.0 Å². The highest BCUT2D eigenvalue weighted by atomic mass is 32.2. The summed E-state index contributed by atoms with van der Waals surface area (Å²) in [5.74, 6) is -4.91. The van der Waals surface area contributed by atoms with Crippen LogP contribution in [0, 0.1) is 23.3 Å². The molecule has 218 valence electrons. The number of rotatable bonds is 10. The van der Waals surface area contributed by atoms with Gasteiger partial charge in [0.25, 0.3) is 0 Å². The number of nitrogens with one attached hydrogen (secondary N) is 1. The van der Waals surface area contributed by atoms with E-state index in [1.54, 1.807) is 18.2 Å². The highest BCUT2D eigenvalue weighted by Gasteiger charge is 2.44. The molecule has 4 atom stereocenters. The van der Waals surface area contributed by atoms with Gasteiger partial charge in [-0.05, 0) is 60.4 Å². The maximum atomic E-state index is 14.9. The number of hydrogen-bond donors (Lipinski definition) is 2. The van der Waals surface area contributed by atoms with E-state index < -0.39 is 51.2 Å². The molecule has 0 bridgehead atoms. The van der Waals surface area contributed by atoms with Crippen molar-refractivity contribution < 1.29 is 30.8 Å². The third-order valence-electron chi connectivity index (χ3n) is 7.14. The molecule has 1 aliphatic heterocycles. The number of pyridine rings is 1. The normalized spacial score (nSPS) is 17.8. The van der Waals surface area contributed by atoms with Crippen LogP contribution in [0.1, 0.15) is 29.0 Å². The van der Waals surface area contributed by atoms with Crippen LogP contribution in [0.4, 0.5) is 23.2 Å². The minimum absolute atomic E-state index is 0.0249. The van der Waals surface area contributed by atoms with E-state index in [4.69, 9.17) is 5.73 Å². The van der Waals surface area contributed by atoms with Crippen LogP contribution in [0.15, 0.2) is 90.1 Å². The molecule has 1 aliphatic rings. The largest absolute Gasteiger partial charge is 0.323 e. The number of halogens is 4. The molecule has 1 saturated heterocycles. The van der Waals surface area contributed by atoms with Crippen LogP contribution in [-0.2, 0) is 21.2 Å². The predicted molar refractivity (Wildman–Crippen MR) is 148 cm³/mol. The van der Waals surface area contributed by atoms with Gasteiger partial charge >= 0.3 is 0 Å². The van der Waals surface area contributed by atoms with Crippen molar-refractivity contribution in [2.75, 3.05) is 11.9 Å². The van der Waals surface area contributed by atoms with E-state index in [1.165, 1.54) is 34.8 Å². The molecule has 1 aromatic heterocycles. The SMILES string of the molecule is N[C@H](C(=O)Nc1cncc(F)c1CC[C@H]1CN1S(=O)(=O)c1ccccc1)[C@@H](c1ccc(F)cc1)c1cc(F)cc(F)c1. The summed E-state index contributed by atoms with van der Waals surface area (Å²) < 4.78 is 83.7. The zero-order chi connectivity index (χ0) is 30.0. The monoisotopic (exact) mass is 598 g/mol. The van der Waals surface area contributed by atoms with Gasteiger partial charge in [-0.2, -0.15) is 4.31 Å². The summed E-state index contributed by atoms with van der Waals surface area (Å²) in [6.45, 7) is 0.278. The zero-order valence-corrected chi connectivity index (χ0v) is 22.9. The Morgan fingerprint density at radius 1 is 0.929 bits per heavy atom. The van der Waals surface area contributed by atoms with Crippen molar-refractivity contribution >= 4 is 21.6 Å². The topological polar surface area (TPSA) is 105 Å². The van der Waals surface area contributed by atoms with Crippen molar-refractivity contribution in [3.8, 4) is 0 Å². The molecule has 5 rings (SSSR count). The number of nitrogens with two attached hydrogens (primary N) is 1. The van der Waals surface area contributed by atoms with E-state index in [2.05, 4.69) is 10.3 Å². The average Bonchev–Trinajstić information content (AvgIpc) is 3.74. The first-order chi connectivity index (χ1) is 20.0. The van der Waals surface area contributed by atoms with Gasteiger partial charge in [0.2, 0.25) is 15.9 Å². The van der Waals surface area contributed by atoms with Crippen LogP contribution in [0.25, 0.3) is 0 Å². The molecule has 1 unspecified atom stereocenters. The number of amides is 1. The summed E-state index contributed by atoms with van der Waals surface area (Å²) in [5.41, 5.74) is 6.82. The fourth-order valence-electron chi connectivity index (χ4n) is 4.95.